The number of benzene rings is 2. The number of para-hydroxylation sites is 2. The first-order valence-corrected chi connectivity index (χ1v) is 9.21. The number of ether oxygens (including phenoxy) is 2. The average molecular weight is 371 g/mol. The fourth-order valence-electron chi connectivity index (χ4n) is 2.48. The van der Waals surface area contributed by atoms with Gasteiger partial charge in [-0.3, -0.25) is 4.79 Å². The van der Waals surface area contributed by atoms with Crippen LogP contribution in [-0.2, 0) is 4.79 Å². The second kappa shape index (κ2) is 8.14. The summed E-state index contributed by atoms with van der Waals surface area (Å²) >= 11 is 1.37. The first-order valence-electron chi connectivity index (χ1n) is 8.33. The van der Waals surface area contributed by atoms with Crippen LogP contribution in [0.2, 0.25) is 0 Å². The minimum absolute atomic E-state index is 0.116. The van der Waals surface area contributed by atoms with E-state index in [2.05, 4.69) is 15.3 Å². The van der Waals surface area contributed by atoms with Crippen molar-refractivity contribution >= 4 is 34.4 Å². The predicted molar refractivity (Wildman–Crippen MR) is 104 cm³/mol. The first kappa shape index (κ1) is 18.1. The van der Waals surface area contributed by atoms with Gasteiger partial charge in [0.15, 0.2) is 5.16 Å². The number of hydrogen-bond acceptors (Lipinski definition) is 5. The molecule has 136 valence electrons. The molecule has 0 aliphatic heterocycles. The number of nitrogens with zero attached hydrogens (tertiary/aromatic N) is 1. The number of amides is 1. The van der Waals surface area contributed by atoms with Gasteiger partial charge in [-0.25, -0.2) is 4.98 Å². The van der Waals surface area contributed by atoms with Gasteiger partial charge in [0.2, 0.25) is 5.91 Å². The summed E-state index contributed by atoms with van der Waals surface area (Å²) in [5, 5.41) is 3.26. The van der Waals surface area contributed by atoms with Crippen LogP contribution in [0.1, 0.15) is 13.8 Å². The maximum atomic E-state index is 12.5. The molecule has 0 saturated heterocycles. The van der Waals surface area contributed by atoms with Crippen LogP contribution in [-0.4, -0.2) is 34.8 Å². The Bertz CT molecular complexity index is 910. The maximum absolute atomic E-state index is 12.5. The molecule has 1 amide bonds. The van der Waals surface area contributed by atoms with Gasteiger partial charge < -0.3 is 19.8 Å². The van der Waals surface area contributed by atoms with Crippen LogP contribution in [0.5, 0.6) is 11.5 Å². The Morgan fingerprint density at radius 2 is 2.12 bits per heavy atom. The number of H-pyrrole nitrogens is 1. The van der Waals surface area contributed by atoms with E-state index in [-0.39, 0.29) is 11.2 Å². The molecular formula is C19H21N3O3S. The van der Waals surface area contributed by atoms with Crippen molar-refractivity contribution in [3.8, 4) is 11.5 Å². The third-order valence-corrected chi connectivity index (χ3v) is 4.75. The van der Waals surface area contributed by atoms with Gasteiger partial charge in [-0.1, -0.05) is 23.9 Å². The Labute approximate surface area is 156 Å². The normalized spacial score (nSPS) is 12.0. The molecule has 7 heteroatoms. The monoisotopic (exact) mass is 371 g/mol. The van der Waals surface area contributed by atoms with Crippen molar-refractivity contribution in [1.82, 2.24) is 9.97 Å². The minimum atomic E-state index is -0.327. The van der Waals surface area contributed by atoms with Crippen molar-refractivity contribution in [3.05, 3.63) is 42.5 Å². The van der Waals surface area contributed by atoms with Gasteiger partial charge in [-0.05, 0) is 38.1 Å². The number of aromatic amines is 1. The van der Waals surface area contributed by atoms with Crippen molar-refractivity contribution in [3.63, 3.8) is 0 Å². The number of anilines is 1. The third kappa shape index (κ3) is 4.11. The van der Waals surface area contributed by atoms with Gasteiger partial charge in [0, 0.05) is 6.07 Å². The van der Waals surface area contributed by atoms with Gasteiger partial charge >= 0.3 is 0 Å². The number of aromatic nitrogens is 2. The molecule has 2 N–H and O–H groups in total. The van der Waals surface area contributed by atoms with Crippen LogP contribution >= 0.6 is 11.8 Å². The fourth-order valence-corrected chi connectivity index (χ4v) is 3.30. The molecule has 26 heavy (non-hydrogen) atoms. The zero-order valence-electron chi connectivity index (χ0n) is 14.9. The van der Waals surface area contributed by atoms with Crippen molar-refractivity contribution < 1.29 is 14.3 Å². The van der Waals surface area contributed by atoms with Crippen LogP contribution in [0.25, 0.3) is 11.0 Å². The van der Waals surface area contributed by atoms with Crippen LogP contribution in [0, 0.1) is 0 Å². The van der Waals surface area contributed by atoms with Crippen LogP contribution in [0.3, 0.4) is 0 Å². The van der Waals surface area contributed by atoms with Crippen molar-refractivity contribution in [2.45, 2.75) is 24.3 Å². The summed E-state index contributed by atoms with van der Waals surface area (Å²) in [4.78, 5) is 20.2. The van der Waals surface area contributed by atoms with E-state index in [9.17, 15) is 4.79 Å². The lowest BCUT2D eigenvalue weighted by molar-refractivity contribution is -0.115. The first-order chi connectivity index (χ1) is 12.6. The summed E-state index contributed by atoms with van der Waals surface area (Å²) in [7, 11) is 1.58. The molecule has 1 atom stereocenters. The summed E-state index contributed by atoms with van der Waals surface area (Å²) in [6, 6.07) is 13.0. The van der Waals surface area contributed by atoms with Gasteiger partial charge in [-0.2, -0.15) is 0 Å². The molecule has 0 aliphatic carbocycles. The minimum Gasteiger partial charge on any atom is -0.495 e. The number of nitrogens with one attached hydrogen (secondary N) is 2. The van der Waals surface area contributed by atoms with E-state index in [1.807, 2.05) is 56.3 Å². The summed E-state index contributed by atoms with van der Waals surface area (Å²) in [5.41, 5.74) is 2.38. The second-order valence-electron chi connectivity index (χ2n) is 5.60. The van der Waals surface area contributed by atoms with Gasteiger partial charge in [0.1, 0.15) is 11.5 Å². The lowest BCUT2D eigenvalue weighted by atomic mass is 10.3. The van der Waals surface area contributed by atoms with E-state index in [0.29, 0.717) is 23.2 Å². The Morgan fingerprint density at radius 3 is 2.88 bits per heavy atom. The molecule has 0 spiro atoms. The molecule has 1 aromatic heterocycles. The average Bonchev–Trinajstić information content (AvgIpc) is 3.03. The molecule has 1 heterocycles. The zero-order chi connectivity index (χ0) is 18.5. The predicted octanol–water partition coefficient (Wildman–Crippen LogP) is 4.09. The van der Waals surface area contributed by atoms with Gasteiger partial charge in [-0.15, -0.1) is 0 Å². The summed E-state index contributed by atoms with van der Waals surface area (Å²) in [6.45, 7) is 4.40. The van der Waals surface area contributed by atoms with E-state index < -0.39 is 0 Å². The van der Waals surface area contributed by atoms with Crippen molar-refractivity contribution in [2.75, 3.05) is 19.0 Å². The number of carbonyl (C=O) groups is 1. The molecule has 2 aromatic carbocycles. The summed E-state index contributed by atoms with van der Waals surface area (Å²) in [6.07, 6.45) is 0. The maximum Gasteiger partial charge on any atom is 0.237 e. The molecule has 6 nitrogen and oxygen atoms in total. The number of fused-ring (bicyclic) bond motifs is 1. The Kier molecular flexibility index (Phi) is 5.68. The number of carbonyl (C=O) groups excluding carboxylic acids is 1. The lowest BCUT2D eigenvalue weighted by Crippen LogP contribution is -2.22. The van der Waals surface area contributed by atoms with Crippen LogP contribution < -0.4 is 14.8 Å². The molecule has 3 rings (SSSR count). The second-order valence-corrected chi connectivity index (χ2v) is 6.93. The number of rotatable bonds is 7. The highest BCUT2D eigenvalue weighted by molar-refractivity contribution is 8.00. The zero-order valence-corrected chi connectivity index (χ0v) is 15.7. The number of imidazole rings is 1. The Balaban J connectivity index is 1.69. The van der Waals surface area contributed by atoms with Gasteiger partial charge in [0.25, 0.3) is 0 Å². The van der Waals surface area contributed by atoms with E-state index in [1.54, 1.807) is 7.11 Å². The highest BCUT2D eigenvalue weighted by atomic mass is 32.2. The molecular weight excluding hydrogens is 350 g/mol. The number of thioether (sulfide) groups is 1. The molecule has 0 radical (unpaired) electrons. The van der Waals surface area contributed by atoms with Crippen molar-refractivity contribution in [2.24, 2.45) is 0 Å². The number of methoxy groups -OCH3 is 1. The van der Waals surface area contributed by atoms with Crippen LogP contribution in [0.15, 0.2) is 47.6 Å². The standard InChI is InChI=1S/C19H21N3O3S/c1-4-25-13-9-10-14-16(11-13)22-19(21-14)26-12(2)18(23)20-15-7-5-6-8-17(15)24-3/h5-12H,4H2,1-3H3,(H,20,23)(H,21,22). The molecule has 0 fully saturated rings. The smallest absolute Gasteiger partial charge is 0.237 e. The van der Waals surface area contributed by atoms with E-state index >= 15 is 0 Å². The van der Waals surface area contributed by atoms with Crippen LogP contribution in [0.4, 0.5) is 5.69 Å². The van der Waals surface area contributed by atoms with E-state index in [4.69, 9.17) is 9.47 Å². The molecule has 1 unspecified atom stereocenters. The summed E-state index contributed by atoms with van der Waals surface area (Å²) in [5.74, 6) is 1.31. The fraction of sp³-hybridized carbons (Fsp3) is 0.263. The molecule has 0 saturated carbocycles. The Morgan fingerprint density at radius 1 is 1.31 bits per heavy atom. The highest BCUT2D eigenvalue weighted by Gasteiger charge is 2.18. The number of hydrogen-bond donors (Lipinski definition) is 2. The topological polar surface area (TPSA) is 76.2 Å². The SMILES string of the molecule is CCOc1ccc2nc(SC(C)C(=O)Nc3ccccc3OC)[nH]c2c1. The Hall–Kier alpha value is -2.67. The third-order valence-electron chi connectivity index (χ3n) is 3.77. The molecule has 0 bridgehead atoms. The van der Waals surface area contributed by atoms with E-state index in [1.165, 1.54) is 11.8 Å². The quantitative estimate of drug-likeness (QED) is 0.612. The summed E-state index contributed by atoms with van der Waals surface area (Å²) < 4.78 is 10.8. The molecule has 3 aromatic rings. The van der Waals surface area contributed by atoms with Crippen molar-refractivity contribution in [1.29, 1.82) is 0 Å². The molecule has 0 aliphatic rings. The highest BCUT2D eigenvalue weighted by Crippen LogP contribution is 2.28. The largest absolute Gasteiger partial charge is 0.495 e. The van der Waals surface area contributed by atoms with Gasteiger partial charge in [0.05, 0.1) is 35.7 Å². The lowest BCUT2D eigenvalue weighted by Gasteiger charge is -2.13. The van der Waals surface area contributed by atoms with E-state index in [0.717, 1.165) is 16.8 Å².